The zero-order chi connectivity index (χ0) is 26.3. The molecule has 2 aliphatic rings. The van der Waals surface area contributed by atoms with E-state index in [1.807, 2.05) is 0 Å². The minimum Gasteiger partial charge on any atom is -0.744 e. The Labute approximate surface area is 218 Å². The molecule has 3 aromatic rings. The minimum atomic E-state index is -5.17. The van der Waals surface area contributed by atoms with E-state index in [1.54, 1.807) is 60.7 Å². The number of hydrogen-bond donors (Lipinski definition) is 1. The molecule has 0 saturated heterocycles. The van der Waals surface area contributed by atoms with Crippen molar-refractivity contribution >= 4 is 55.5 Å². The van der Waals surface area contributed by atoms with Crippen LogP contribution in [0, 0.1) is 10.4 Å². The van der Waals surface area contributed by atoms with Crippen LogP contribution in [-0.4, -0.2) is 13.0 Å². The molecular formula is C26H14Cl2N3O5S-. The highest BCUT2D eigenvalue weighted by Crippen LogP contribution is 2.16. The van der Waals surface area contributed by atoms with Crippen molar-refractivity contribution in [3.05, 3.63) is 131 Å². The Balaban J connectivity index is 2.03. The summed E-state index contributed by atoms with van der Waals surface area (Å²) in [4.78, 5) is 30.8. The van der Waals surface area contributed by atoms with E-state index in [2.05, 4.69) is 15.5 Å². The van der Waals surface area contributed by atoms with Crippen LogP contribution in [-0.2, 0) is 10.1 Å². The summed E-state index contributed by atoms with van der Waals surface area (Å²) in [6, 6.07) is 19.5. The van der Waals surface area contributed by atoms with E-state index in [4.69, 9.17) is 23.2 Å². The van der Waals surface area contributed by atoms with Gasteiger partial charge in [0.05, 0.1) is 32.1 Å². The van der Waals surface area contributed by atoms with Crippen molar-refractivity contribution < 1.29 is 13.0 Å². The average Bonchev–Trinajstić information content (AvgIpc) is 2.87. The minimum absolute atomic E-state index is 0.0563. The standard InChI is InChI=1S/C26H15Cl2N3O5S/c27-14-5-9-16(10-6-14)29-20-13-21(37(34,35)36)24(31-30-17-11-7-15(28)8-12-17)23-22(20)25(32)18-3-1-2-4-19(18)26(23)33/h1-13,30H,(H,34,35,36)/p-1/b29-20?,31-24+. The molecule has 0 spiro atoms. The number of rotatable bonds is 4. The fourth-order valence-corrected chi connectivity index (χ4v) is 4.82. The van der Waals surface area contributed by atoms with Crippen LogP contribution in [0.1, 0.15) is 0 Å². The zero-order valence-electron chi connectivity index (χ0n) is 18.6. The lowest BCUT2D eigenvalue weighted by Gasteiger charge is -2.10. The van der Waals surface area contributed by atoms with Crippen molar-refractivity contribution in [2.75, 3.05) is 5.43 Å². The first-order chi connectivity index (χ1) is 17.6. The molecule has 0 unspecified atom stereocenters. The van der Waals surface area contributed by atoms with E-state index in [0.29, 0.717) is 21.4 Å². The second kappa shape index (κ2) is 9.53. The monoisotopic (exact) mass is 550 g/mol. The van der Waals surface area contributed by atoms with Gasteiger partial charge in [0, 0.05) is 20.8 Å². The van der Waals surface area contributed by atoms with Crippen LogP contribution in [0.5, 0.6) is 0 Å². The Morgan fingerprint density at radius 2 is 1.30 bits per heavy atom. The summed E-state index contributed by atoms with van der Waals surface area (Å²) in [5, 5.41) is 4.03. The summed E-state index contributed by atoms with van der Waals surface area (Å²) in [7, 11) is -5.17. The number of hydrogen-bond acceptors (Lipinski definition) is 8. The molecule has 0 atom stereocenters. The average molecular weight is 551 g/mol. The quantitative estimate of drug-likeness (QED) is 0.269. The number of halogens is 2. The molecule has 1 N–H and O–H groups in total. The largest absolute Gasteiger partial charge is 0.744 e. The number of anilines is 1. The molecule has 0 amide bonds. The highest BCUT2D eigenvalue weighted by Gasteiger charge is 2.17. The van der Waals surface area contributed by atoms with Crippen LogP contribution in [0.2, 0.25) is 10.0 Å². The molecule has 11 heteroatoms. The molecule has 0 fully saturated rings. The normalized spacial score (nSPS) is 12.9. The Hall–Kier alpha value is -3.89. The molecule has 0 radical (unpaired) electrons. The third-order valence-electron chi connectivity index (χ3n) is 5.60. The van der Waals surface area contributed by atoms with Gasteiger partial charge in [0.1, 0.15) is 15.5 Å². The third kappa shape index (κ3) is 4.77. The fraction of sp³-hybridized carbons (Fsp3) is 0. The van der Waals surface area contributed by atoms with Gasteiger partial charge in [0.15, 0.2) is 10.9 Å². The van der Waals surface area contributed by atoms with E-state index in [1.165, 1.54) is 12.1 Å². The summed E-state index contributed by atoms with van der Waals surface area (Å²) in [5.41, 5.74) is 2.14. The first-order valence-electron chi connectivity index (χ1n) is 10.7. The summed E-state index contributed by atoms with van der Waals surface area (Å²) < 4.78 is 37.1. The predicted octanol–water partition coefficient (Wildman–Crippen LogP) is 3.53. The third-order valence-corrected chi connectivity index (χ3v) is 6.95. The van der Waals surface area contributed by atoms with Gasteiger partial charge < -0.3 is 4.55 Å². The second-order valence-corrected chi connectivity index (χ2v) is 10.2. The molecule has 3 aromatic carbocycles. The fourth-order valence-electron chi connectivity index (χ4n) is 3.92. The van der Waals surface area contributed by atoms with Gasteiger partial charge in [-0.15, -0.1) is 0 Å². The first kappa shape index (κ1) is 24.8. The van der Waals surface area contributed by atoms with Crippen molar-refractivity contribution in [2.45, 2.75) is 4.90 Å². The second-order valence-electron chi connectivity index (χ2n) is 7.97. The van der Waals surface area contributed by atoms with Gasteiger partial charge in [-0.05, 0) is 54.6 Å². The van der Waals surface area contributed by atoms with Gasteiger partial charge in [0.25, 0.3) is 0 Å². The number of nitrogens with zero attached hydrogens (tertiary/aromatic N) is 2. The van der Waals surface area contributed by atoms with Crippen LogP contribution in [0.4, 0.5) is 11.4 Å². The summed E-state index contributed by atoms with van der Waals surface area (Å²) in [5.74, 6) is 0. The molecule has 37 heavy (non-hydrogen) atoms. The van der Waals surface area contributed by atoms with E-state index >= 15 is 0 Å². The summed E-state index contributed by atoms with van der Waals surface area (Å²) >= 11 is 11.8. The highest BCUT2D eigenvalue weighted by atomic mass is 35.5. The van der Waals surface area contributed by atoms with Crippen LogP contribution >= 0.6 is 23.2 Å². The Morgan fingerprint density at radius 1 is 0.757 bits per heavy atom. The van der Waals surface area contributed by atoms with E-state index in [9.17, 15) is 22.6 Å². The Kier molecular flexibility index (Phi) is 6.38. The van der Waals surface area contributed by atoms with Gasteiger partial charge in [-0.25, -0.2) is 13.4 Å². The van der Waals surface area contributed by atoms with Crippen LogP contribution < -0.4 is 27.0 Å². The van der Waals surface area contributed by atoms with E-state index < -0.39 is 31.2 Å². The zero-order valence-corrected chi connectivity index (χ0v) is 20.9. The predicted molar refractivity (Wildman–Crippen MR) is 139 cm³/mol. The first-order valence-corrected chi connectivity index (χ1v) is 12.8. The van der Waals surface area contributed by atoms with Crippen molar-refractivity contribution in [2.24, 2.45) is 10.1 Å². The molecule has 0 bridgehead atoms. The molecule has 0 saturated carbocycles. The van der Waals surface area contributed by atoms with Gasteiger partial charge >= 0.3 is 0 Å². The molecule has 184 valence electrons. The topological polar surface area (TPSA) is 128 Å². The Bertz CT molecular complexity index is 2090. The molecule has 0 aromatic heterocycles. The summed E-state index contributed by atoms with van der Waals surface area (Å²) in [6.45, 7) is 0. The van der Waals surface area contributed by atoms with E-state index in [-0.39, 0.29) is 26.6 Å². The van der Waals surface area contributed by atoms with Gasteiger partial charge in [-0.1, -0.05) is 47.5 Å². The molecule has 0 heterocycles. The van der Waals surface area contributed by atoms with Crippen molar-refractivity contribution in [3.8, 4) is 0 Å². The molecular weight excluding hydrogens is 537 g/mol. The molecule has 0 aliphatic heterocycles. The maximum absolute atomic E-state index is 13.6. The SMILES string of the molecule is O=c1c2c(=Nc3ccc(Cl)cc3)cc(S(=O)(=O)[O-])/c(=N\Nc3ccc(Cl)cc3)c=2c(=O)c2ccccc12. The lowest BCUT2D eigenvalue weighted by molar-refractivity contribution is 0.461. The number of fused-ring (bicyclic) bond motifs is 1. The van der Waals surface area contributed by atoms with Crippen LogP contribution in [0.25, 0.3) is 10.8 Å². The lowest BCUT2D eigenvalue weighted by atomic mass is 10.0. The molecule has 5 rings (SSSR count). The van der Waals surface area contributed by atoms with Crippen molar-refractivity contribution in [1.29, 1.82) is 0 Å². The van der Waals surface area contributed by atoms with Crippen molar-refractivity contribution in [3.63, 3.8) is 0 Å². The van der Waals surface area contributed by atoms with Gasteiger partial charge in [0.2, 0.25) is 0 Å². The molecule has 8 nitrogen and oxygen atoms in total. The lowest BCUT2D eigenvalue weighted by Crippen LogP contribution is -2.33. The van der Waals surface area contributed by atoms with Crippen molar-refractivity contribution in [1.82, 2.24) is 0 Å². The van der Waals surface area contributed by atoms with Gasteiger partial charge in [-0.3, -0.25) is 15.0 Å². The van der Waals surface area contributed by atoms with Gasteiger partial charge in [-0.2, -0.15) is 5.10 Å². The van der Waals surface area contributed by atoms with Crippen LogP contribution in [0.15, 0.2) is 103 Å². The van der Waals surface area contributed by atoms with Crippen LogP contribution in [0.3, 0.4) is 0 Å². The number of nitrogens with one attached hydrogen (secondary N) is 1. The van der Waals surface area contributed by atoms with E-state index in [0.717, 1.165) is 6.07 Å². The highest BCUT2D eigenvalue weighted by molar-refractivity contribution is 7.85. The smallest absolute Gasteiger partial charge is 0.196 e. The maximum atomic E-state index is 13.6. The summed E-state index contributed by atoms with van der Waals surface area (Å²) in [6.07, 6.45) is 0. The Morgan fingerprint density at radius 3 is 1.86 bits per heavy atom. The maximum Gasteiger partial charge on any atom is 0.196 e. The number of benzene rings is 3. The molecule has 2 aliphatic carbocycles.